The van der Waals surface area contributed by atoms with Crippen LogP contribution in [0.25, 0.3) is 32.5 Å². The maximum Gasteiger partial charge on any atom is 0.344 e. The van der Waals surface area contributed by atoms with Crippen molar-refractivity contribution in [3.8, 4) is 0 Å². The number of hydrogen-bond acceptors (Lipinski definition) is 2. The lowest BCUT2D eigenvalue weighted by atomic mass is 10.00. The predicted molar refractivity (Wildman–Crippen MR) is 91.6 cm³/mol. The van der Waals surface area contributed by atoms with Gasteiger partial charge in [-0.15, -0.1) is 0 Å². The van der Waals surface area contributed by atoms with Crippen molar-refractivity contribution in [2.75, 3.05) is 0 Å². The van der Waals surface area contributed by atoms with Gasteiger partial charge < -0.3 is 4.42 Å². The van der Waals surface area contributed by atoms with Gasteiger partial charge in [-0.1, -0.05) is 48.9 Å². The summed E-state index contributed by atoms with van der Waals surface area (Å²) in [5.41, 5.74) is 2.76. The Bertz CT molecular complexity index is 1090. The Hall–Kier alpha value is -2.61. The fourth-order valence-corrected chi connectivity index (χ4v) is 3.10. The van der Waals surface area contributed by atoms with E-state index < -0.39 is 0 Å². The van der Waals surface area contributed by atoms with Gasteiger partial charge in [-0.2, -0.15) is 0 Å². The molecule has 0 atom stereocenters. The number of fused-ring (bicyclic) bond motifs is 5. The number of aryl methyl sites for hydroxylation is 2. The normalized spacial score (nSPS) is 11.5. The highest BCUT2D eigenvalue weighted by molar-refractivity contribution is 6.13. The molecule has 0 N–H and O–H groups in total. The zero-order chi connectivity index (χ0) is 15.3. The molecule has 1 heterocycles. The Balaban J connectivity index is 2.21. The molecular formula is C20H16O2. The standard InChI is InChI=1S/C20H16O2/c1-3-13-5-8-15-14(11-13)6-9-17-16-7-4-12(2)10-18(16)20(21)22-19(15)17/h4-11H,3H2,1-2H3. The Kier molecular flexibility index (Phi) is 2.80. The van der Waals surface area contributed by atoms with Crippen molar-refractivity contribution < 1.29 is 4.42 Å². The molecule has 0 amide bonds. The van der Waals surface area contributed by atoms with E-state index in [0.717, 1.165) is 33.5 Å². The van der Waals surface area contributed by atoms with E-state index in [2.05, 4.69) is 37.3 Å². The summed E-state index contributed by atoms with van der Waals surface area (Å²) in [6, 6.07) is 16.4. The van der Waals surface area contributed by atoms with Crippen molar-refractivity contribution in [2.24, 2.45) is 0 Å². The summed E-state index contributed by atoms with van der Waals surface area (Å²) in [7, 11) is 0. The first-order valence-corrected chi connectivity index (χ1v) is 7.56. The average molecular weight is 288 g/mol. The van der Waals surface area contributed by atoms with E-state index in [-0.39, 0.29) is 5.63 Å². The monoisotopic (exact) mass is 288 g/mol. The molecule has 22 heavy (non-hydrogen) atoms. The van der Waals surface area contributed by atoms with Crippen LogP contribution in [0, 0.1) is 6.92 Å². The summed E-state index contributed by atoms with van der Waals surface area (Å²) in [6.07, 6.45) is 0.995. The second-order valence-corrected chi connectivity index (χ2v) is 5.79. The van der Waals surface area contributed by atoms with Gasteiger partial charge in [-0.25, -0.2) is 4.79 Å². The fourth-order valence-electron chi connectivity index (χ4n) is 3.10. The van der Waals surface area contributed by atoms with Gasteiger partial charge in [0.15, 0.2) is 0 Å². The second-order valence-electron chi connectivity index (χ2n) is 5.79. The molecule has 0 bridgehead atoms. The molecule has 4 rings (SSSR count). The minimum absolute atomic E-state index is 0.265. The third-order valence-corrected chi connectivity index (χ3v) is 4.32. The Morgan fingerprint density at radius 2 is 1.64 bits per heavy atom. The van der Waals surface area contributed by atoms with Gasteiger partial charge >= 0.3 is 5.63 Å². The maximum absolute atomic E-state index is 12.3. The molecule has 2 nitrogen and oxygen atoms in total. The zero-order valence-electron chi connectivity index (χ0n) is 12.6. The third-order valence-electron chi connectivity index (χ3n) is 4.32. The van der Waals surface area contributed by atoms with Crippen molar-refractivity contribution >= 4 is 32.5 Å². The highest BCUT2D eigenvalue weighted by atomic mass is 16.4. The van der Waals surface area contributed by atoms with E-state index in [9.17, 15) is 4.79 Å². The van der Waals surface area contributed by atoms with Crippen molar-refractivity contribution in [1.82, 2.24) is 0 Å². The molecule has 4 aromatic rings. The lowest BCUT2D eigenvalue weighted by Crippen LogP contribution is -2.00. The average Bonchev–Trinajstić information content (AvgIpc) is 2.54. The quantitative estimate of drug-likeness (QED) is 0.365. The van der Waals surface area contributed by atoms with Crippen LogP contribution in [-0.2, 0) is 6.42 Å². The molecule has 0 saturated heterocycles. The molecule has 0 spiro atoms. The molecule has 108 valence electrons. The van der Waals surface area contributed by atoms with Crippen LogP contribution >= 0.6 is 0 Å². The van der Waals surface area contributed by atoms with E-state index in [1.807, 2.05) is 25.1 Å². The van der Waals surface area contributed by atoms with Gasteiger partial charge in [-0.3, -0.25) is 0 Å². The molecule has 0 radical (unpaired) electrons. The van der Waals surface area contributed by atoms with Gasteiger partial charge in [0.05, 0.1) is 5.39 Å². The minimum atomic E-state index is -0.265. The SMILES string of the molecule is CCc1ccc2c(ccc3c4ccc(C)cc4c(=O)oc23)c1. The first-order valence-electron chi connectivity index (χ1n) is 7.56. The van der Waals surface area contributed by atoms with Crippen LogP contribution in [0.1, 0.15) is 18.1 Å². The highest BCUT2D eigenvalue weighted by Crippen LogP contribution is 2.30. The summed E-state index contributed by atoms with van der Waals surface area (Å²) in [5, 5.41) is 4.71. The van der Waals surface area contributed by atoms with Crippen LogP contribution in [0.3, 0.4) is 0 Å². The molecule has 0 aliphatic carbocycles. The third kappa shape index (κ3) is 1.84. The molecule has 3 aromatic carbocycles. The molecule has 0 fully saturated rings. The zero-order valence-corrected chi connectivity index (χ0v) is 12.6. The van der Waals surface area contributed by atoms with Gasteiger partial charge in [-0.05, 0) is 41.8 Å². The highest BCUT2D eigenvalue weighted by Gasteiger charge is 2.10. The number of hydrogen-bond donors (Lipinski definition) is 0. The van der Waals surface area contributed by atoms with Crippen LogP contribution in [0.5, 0.6) is 0 Å². The van der Waals surface area contributed by atoms with Gasteiger partial charge in [0.25, 0.3) is 0 Å². The van der Waals surface area contributed by atoms with Crippen molar-refractivity contribution in [3.05, 3.63) is 70.1 Å². The summed E-state index contributed by atoms with van der Waals surface area (Å²) >= 11 is 0. The molecule has 1 aromatic heterocycles. The first kappa shape index (κ1) is 13.1. The molecular weight excluding hydrogens is 272 g/mol. The van der Waals surface area contributed by atoms with Gasteiger partial charge in [0, 0.05) is 10.8 Å². The van der Waals surface area contributed by atoms with E-state index >= 15 is 0 Å². The van der Waals surface area contributed by atoms with Crippen molar-refractivity contribution in [2.45, 2.75) is 20.3 Å². The molecule has 0 unspecified atom stereocenters. The van der Waals surface area contributed by atoms with E-state index in [4.69, 9.17) is 4.42 Å². The summed E-state index contributed by atoms with van der Waals surface area (Å²) in [5.74, 6) is 0. The first-order chi connectivity index (χ1) is 10.7. The second kappa shape index (κ2) is 4.70. The van der Waals surface area contributed by atoms with E-state index in [1.54, 1.807) is 0 Å². The Morgan fingerprint density at radius 1 is 0.864 bits per heavy atom. The van der Waals surface area contributed by atoms with Gasteiger partial charge in [0.2, 0.25) is 0 Å². The molecule has 2 heteroatoms. The lowest BCUT2D eigenvalue weighted by molar-refractivity contribution is 0.573. The van der Waals surface area contributed by atoms with E-state index in [1.165, 1.54) is 5.56 Å². The number of rotatable bonds is 1. The topological polar surface area (TPSA) is 30.2 Å². The molecule has 0 aliphatic heterocycles. The predicted octanol–water partition coefficient (Wildman–Crippen LogP) is 4.97. The minimum Gasteiger partial charge on any atom is -0.422 e. The van der Waals surface area contributed by atoms with Crippen LogP contribution < -0.4 is 5.63 Å². The van der Waals surface area contributed by atoms with Crippen molar-refractivity contribution in [1.29, 1.82) is 0 Å². The number of benzene rings is 3. The van der Waals surface area contributed by atoms with Crippen LogP contribution in [0.15, 0.2) is 57.7 Å². The summed E-state index contributed by atoms with van der Waals surface area (Å²) in [4.78, 5) is 12.3. The summed E-state index contributed by atoms with van der Waals surface area (Å²) < 4.78 is 5.66. The van der Waals surface area contributed by atoms with Crippen molar-refractivity contribution in [3.63, 3.8) is 0 Å². The smallest absolute Gasteiger partial charge is 0.344 e. The maximum atomic E-state index is 12.3. The largest absolute Gasteiger partial charge is 0.422 e. The van der Waals surface area contributed by atoms with Crippen LogP contribution in [0.2, 0.25) is 0 Å². The van der Waals surface area contributed by atoms with Crippen LogP contribution in [0.4, 0.5) is 0 Å². The lowest BCUT2D eigenvalue weighted by Gasteiger charge is -2.07. The van der Waals surface area contributed by atoms with Crippen LogP contribution in [-0.4, -0.2) is 0 Å². The molecule has 0 aliphatic rings. The molecule has 0 saturated carbocycles. The Morgan fingerprint density at radius 3 is 2.45 bits per heavy atom. The Labute approximate surface area is 128 Å². The summed E-state index contributed by atoms with van der Waals surface area (Å²) in [6.45, 7) is 4.12. The van der Waals surface area contributed by atoms with E-state index in [0.29, 0.717) is 11.0 Å². The van der Waals surface area contributed by atoms with Gasteiger partial charge in [0.1, 0.15) is 5.58 Å². The fraction of sp³-hybridized carbons (Fsp3) is 0.150.